The molecule has 1 aliphatic heterocycles. The number of rotatable bonds is 3. The smallest absolute Gasteiger partial charge is 0.251 e. The van der Waals surface area contributed by atoms with Crippen molar-refractivity contribution in [1.82, 2.24) is 10.2 Å². The molecule has 3 fully saturated rings. The van der Waals surface area contributed by atoms with E-state index in [9.17, 15) is 14.0 Å². The highest BCUT2D eigenvalue weighted by atomic mass is 35.5. The number of carbonyl (C=O) groups is 2. The summed E-state index contributed by atoms with van der Waals surface area (Å²) in [5.41, 5.74) is 6.82. The molecule has 1 aromatic carbocycles. The molecule has 0 aromatic heterocycles. The van der Waals surface area contributed by atoms with Crippen molar-refractivity contribution >= 4 is 24.2 Å². The van der Waals surface area contributed by atoms with Crippen LogP contribution in [0.2, 0.25) is 0 Å². The molecule has 0 radical (unpaired) electrons. The number of hydrogen-bond donors (Lipinski definition) is 2. The van der Waals surface area contributed by atoms with Gasteiger partial charge in [0.25, 0.3) is 5.91 Å². The zero-order chi connectivity index (χ0) is 19.7. The zero-order valence-corrected chi connectivity index (χ0v) is 17.5. The van der Waals surface area contributed by atoms with E-state index in [1.807, 2.05) is 4.90 Å². The molecule has 4 rings (SSSR count). The monoisotopic (exact) mass is 423 g/mol. The molecule has 29 heavy (non-hydrogen) atoms. The van der Waals surface area contributed by atoms with Crippen LogP contribution in [0.1, 0.15) is 55.3 Å². The van der Waals surface area contributed by atoms with Crippen LogP contribution in [0.5, 0.6) is 0 Å². The summed E-state index contributed by atoms with van der Waals surface area (Å²) in [6.07, 6.45) is 6.99. The molecule has 0 spiro atoms. The van der Waals surface area contributed by atoms with Crippen LogP contribution in [0.15, 0.2) is 24.3 Å². The number of amides is 2. The standard InChI is InChI=1S/C22H30FN3O2.ClH/c23-18-6-4-14(5-7-18)21(27)25-19-8-10-26(11-9-19)22(28)17-12-15-2-1-3-16(13-17)20(15)24;/h4-7,15-17,19-20H,1-3,8-13,24H2,(H,25,27);1H. The maximum Gasteiger partial charge on any atom is 0.251 e. The molecule has 2 unspecified atom stereocenters. The van der Waals surface area contributed by atoms with E-state index in [0.717, 1.165) is 25.7 Å². The van der Waals surface area contributed by atoms with Crippen LogP contribution >= 0.6 is 12.4 Å². The van der Waals surface area contributed by atoms with Crippen LogP contribution in [0.3, 0.4) is 0 Å². The van der Waals surface area contributed by atoms with Gasteiger partial charge < -0.3 is 16.0 Å². The second-order valence-corrected chi connectivity index (χ2v) is 8.78. The van der Waals surface area contributed by atoms with Gasteiger partial charge in [-0.3, -0.25) is 9.59 Å². The molecule has 7 heteroatoms. The van der Waals surface area contributed by atoms with Crippen molar-refractivity contribution in [1.29, 1.82) is 0 Å². The molecule has 2 saturated carbocycles. The maximum atomic E-state index is 13.0. The summed E-state index contributed by atoms with van der Waals surface area (Å²) in [4.78, 5) is 27.3. The summed E-state index contributed by atoms with van der Waals surface area (Å²) in [5.74, 6) is 0.894. The predicted octanol–water partition coefficient (Wildman–Crippen LogP) is 3.12. The Kier molecular flexibility index (Phi) is 7.17. The lowest BCUT2D eigenvalue weighted by molar-refractivity contribution is -0.139. The van der Waals surface area contributed by atoms with E-state index in [1.54, 1.807) is 0 Å². The Morgan fingerprint density at radius 3 is 2.17 bits per heavy atom. The molecule has 1 saturated heterocycles. The van der Waals surface area contributed by atoms with Gasteiger partial charge in [0, 0.05) is 36.7 Å². The Labute approximate surface area is 178 Å². The summed E-state index contributed by atoms with van der Waals surface area (Å²) >= 11 is 0. The number of nitrogens with one attached hydrogen (secondary N) is 1. The number of carbonyl (C=O) groups excluding carboxylic acids is 2. The summed E-state index contributed by atoms with van der Waals surface area (Å²) in [6, 6.07) is 5.91. The third kappa shape index (κ3) is 4.92. The first-order valence-corrected chi connectivity index (χ1v) is 10.6. The topological polar surface area (TPSA) is 75.4 Å². The Morgan fingerprint density at radius 1 is 1.00 bits per heavy atom. The number of benzene rings is 1. The molecule has 1 aromatic rings. The largest absolute Gasteiger partial charge is 0.349 e. The van der Waals surface area contributed by atoms with E-state index in [4.69, 9.17) is 5.73 Å². The van der Waals surface area contributed by atoms with Crippen LogP contribution in [-0.4, -0.2) is 41.9 Å². The van der Waals surface area contributed by atoms with E-state index in [1.165, 1.54) is 43.5 Å². The van der Waals surface area contributed by atoms with Crippen molar-refractivity contribution in [3.63, 3.8) is 0 Å². The summed E-state index contributed by atoms with van der Waals surface area (Å²) in [7, 11) is 0. The quantitative estimate of drug-likeness (QED) is 0.784. The van der Waals surface area contributed by atoms with Crippen molar-refractivity contribution in [3.05, 3.63) is 35.6 Å². The SMILES string of the molecule is Cl.NC1C2CCCC1CC(C(=O)N1CCC(NC(=O)c3ccc(F)cc3)CC1)C2. The van der Waals surface area contributed by atoms with E-state index < -0.39 is 0 Å². The predicted molar refractivity (Wildman–Crippen MR) is 112 cm³/mol. The molecular weight excluding hydrogens is 393 g/mol. The zero-order valence-electron chi connectivity index (χ0n) is 16.7. The lowest BCUT2D eigenvalue weighted by Gasteiger charge is -2.45. The van der Waals surface area contributed by atoms with Crippen molar-refractivity contribution < 1.29 is 14.0 Å². The Hall–Kier alpha value is -1.66. The fourth-order valence-electron chi connectivity index (χ4n) is 5.36. The molecule has 3 N–H and O–H groups in total. The van der Waals surface area contributed by atoms with Crippen LogP contribution in [0, 0.1) is 23.6 Å². The molecule has 3 aliphatic rings. The highest BCUT2D eigenvalue weighted by Gasteiger charge is 2.42. The first-order chi connectivity index (χ1) is 13.5. The summed E-state index contributed by atoms with van der Waals surface area (Å²) in [5, 5.41) is 3.02. The normalized spacial score (nSPS) is 29.7. The van der Waals surface area contributed by atoms with E-state index in [0.29, 0.717) is 30.5 Å². The minimum atomic E-state index is -0.351. The fraction of sp³-hybridized carbons (Fsp3) is 0.636. The van der Waals surface area contributed by atoms with E-state index >= 15 is 0 Å². The number of piperidine rings is 1. The fourth-order valence-corrected chi connectivity index (χ4v) is 5.36. The van der Waals surface area contributed by atoms with Gasteiger partial charge in [-0.25, -0.2) is 4.39 Å². The van der Waals surface area contributed by atoms with Crippen LogP contribution < -0.4 is 11.1 Å². The average molecular weight is 424 g/mol. The Morgan fingerprint density at radius 2 is 1.59 bits per heavy atom. The molecule has 160 valence electrons. The van der Waals surface area contributed by atoms with Gasteiger partial charge in [0.1, 0.15) is 5.82 Å². The molecule has 2 aliphatic carbocycles. The van der Waals surface area contributed by atoms with Crippen molar-refractivity contribution in [2.24, 2.45) is 23.5 Å². The second-order valence-electron chi connectivity index (χ2n) is 8.78. The van der Waals surface area contributed by atoms with Gasteiger partial charge in [0.15, 0.2) is 0 Å². The van der Waals surface area contributed by atoms with Crippen molar-refractivity contribution in [2.45, 2.75) is 57.0 Å². The van der Waals surface area contributed by atoms with Crippen LogP contribution in [-0.2, 0) is 4.79 Å². The number of hydrogen-bond acceptors (Lipinski definition) is 3. The number of fused-ring (bicyclic) bond motifs is 2. The highest BCUT2D eigenvalue weighted by molar-refractivity contribution is 5.94. The van der Waals surface area contributed by atoms with Gasteiger partial charge in [0.05, 0.1) is 0 Å². The van der Waals surface area contributed by atoms with E-state index in [-0.39, 0.29) is 48.0 Å². The number of halogens is 2. The van der Waals surface area contributed by atoms with Gasteiger partial charge in [-0.15, -0.1) is 12.4 Å². The third-order valence-corrected chi connectivity index (χ3v) is 7.01. The number of nitrogens with two attached hydrogens (primary N) is 1. The number of likely N-dealkylation sites (tertiary alicyclic amines) is 1. The average Bonchev–Trinajstić information content (AvgIpc) is 2.68. The molecule has 2 bridgehead atoms. The van der Waals surface area contributed by atoms with Gasteiger partial charge >= 0.3 is 0 Å². The van der Waals surface area contributed by atoms with Gasteiger partial charge in [-0.05, 0) is 74.6 Å². The number of nitrogens with zero attached hydrogens (tertiary/aromatic N) is 1. The Balaban J connectivity index is 0.00000240. The molecule has 5 nitrogen and oxygen atoms in total. The molecule has 2 atom stereocenters. The van der Waals surface area contributed by atoms with Crippen molar-refractivity contribution in [2.75, 3.05) is 13.1 Å². The van der Waals surface area contributed by atoms with Gasteiger partial charge in [0.2, 0.25) is 5.91 Å². The lowest BCUT2D eigenvalue weighted by atomic mass is 9.65. The third-order valence-electron chi connectivity index (χ3n) is 7.01. The highest BCUT2D eigenvalue weighted by Crippen LogP contribution is 2.42. The Bertz CT molecular complexity index is 707. The minimum absolute atomic E-state index is 0. The molecule has 2 amide bonds. The first-order valence-electron chi connectivity index (χ1n) is 10.6. The van der Waals surface area contributed by atoms with Gasteiger partial charge in [-0.2, -0.15) is 0 Å². The minimum Gasteiger partial charge on any atom is -0.349 e. The maximum absolute atomic E-state index is 13.0. The van der Waals surface area contributed by atoms with Crippen LogP contribution in [0.25, 0.3) is 0 Å². The van der Waals surface area contributed by atoms with Gasteiger partial charge in [-0.1, -0.05) is 6.42 Å². The summed E-state index contributed by atoms with van der Waals surface area (Å²) in [6.45, 7) is 1.37. The first kappa shape index (κ1) is 22.0. The summed E-state index contributed by atoms with van der Waals surface area (Å²) < 4.78 is 13.0. The van der Waals surface area contributed by atoms with Crippen molar-refractivity contribution in [3.8, 4) is 0 Å². The molecular formula is C22H31ClFN3O2. The molecule has 1 heterocycles. The van der Waals surface area contributed by atoms with E-state index in [2.05, 4.69) is 5.32 Å². The second kappa shape index (κ2) is 9.43. The lowest BCUT2D eigenvalue weighted by Crippen LogP contribution is -2.52. The van der Waals surface area contributed by atoms with Crippen LogP contribution in [0.4, 0.5) is 4.39 Å².